The lowest BCUT2D eigenvalue weighted by Gasteiger charge is -1.89. The molecule has 15 heavy (non-hydrogen) atoms. The number of nitrogens with zero attached hydrogens (tertiary/aromatic N) is 2. The van der Waals surface area contributed by atoms with Crippen LogP contribution in [0.4, 0.5) is 0 Å². The number of hydrogen-bond donors (Lipinski definition) is 0. The Morgan fingerprint density at radius 3 is 3.07 bits per heavy atom. The van der Waals surface area contributed by atoms with Crippen molar-refractivity contribution >= 4 is 17.5 Å². The Kier molecular flexibility index (Phi) is 2.86. The van der Waals surface area contributed by atoms with E-state index in [1.54, 1.807) is 12.1 Å². The van der Waals surface area contributed by atoms with Crippen LogP contribution in [0.5, 0.6) is 0 Å². The standard InChI is InChI=1S/C9H8N2O3S/c1-6(12)5-15-9-11-10-8(14-9)7-3-2-4-13-7/h2-4H,5H2,1H3. The SMILES string of the molecule is CC(=O)CSc1nnc(-c2ccco2)o1. The minimum Gasteiger partial charge on any atom is -0.459 e. The van der Waals surface area contributed by atoms with Crippen molar-refractivity contribution in [2.24, 2.45) is 0 Å². The smallest absolute Gasteiger partial charge is 0.284 e. The van der Waals surface area contributed by atoms with Crippen LogP contribution in [-0.4, -0.2) is 21.7 Å². The van der Waals surface area contributed by atoms with Gasteiger partial charge in [-0.05, 0) is 19.1 Å². The molecular weight excluding hydrogens is 216 g/mol. The van der Waals surface area contributed by atoms with Crippen molar-refractivity contribution in [2.75, 3.05) is 5.75 Å². The molecule has 2 rings (SSSR count). The maximum atomic E-state index is 10.7. The summed E-state index contributed by atoms with van der Waals surface area (Å²) >= 11 is 1.22. The predicted octanol–water partition coefficient (Wildman–Crippen LogP) is 2.01. The second-order valence-corrected chi connectivity index (χ2v) is 3.77. The van der Waals surface area contributed by atoms with Crippen molar-refractivity contribution in [3.05, 3.63) is 18.4 Å². The number of carbonyl (C=O) groups is 1. The molecular formula is C9H8N2O3S. The zero-order valence-corrected chi connectivity index (χ0v) is 8.78. The highest BCUT2D eigenvalue weighted by Gasteiger charge is 2.11. The molecule has 0 aromatic carbocycles. The minimum atomic E-state index is 0.0674. The lowest BCUT2D eigenvalue weighted by molar-refractivity contribution is -0.114. The van der Waals surface area contributed by atoms with Crippen LogP contribution in [0, 0.1) is 0 Å². The van der Waals surface area contributed by atoms with Crippen LogP contribution >= 0.6 is 11.8 Å². The molecule has 2 aromatic rings. The Balaban J connectivity index is 2.08. The molecule has 0 N–H and O–H groups in total. The first-order chi connectivity index (χ1) is 7.25. The first-order valence-corrected chi connectivity index (χ1v) is 5.24. The van der Waals surface area contributed by atoms with Gasteiger partial charge in [-0.3, -0.25) is 4.79 Å². The second-order valence-electron chi connectivity index (χ2n) is 2.84. The normalized spacial score (nSPS) is 10.5. The summed E-state index contributed by atoms with van der Waals surface area (Å²) in [4.78, 5) is 10.7. The summed E-state index contributed by atoms with van der Waals surface area (Å²) in [7, 11) is 0. The number of Topliss-reactive ketones (excluding diaryl/α,β-unsaturated/α-hetero) is 1. The van der Waals surface area contributed by atoms with Gasteiger partial charge in [0.15, 0.2) is 5.76 Å². The second kappa shape index (κ2) is 4.31. The van der Waals surface area contributed by atoms with Crippen LogP contribution in [0.15, 0.2) is 32.5 Å². The summed E-state index contributed by atoms with van der Waals surface area (Å²) in [5.41, 5.74) is 0. The van der Waals surface area contributed by atoms with Crippen molar-refractivity contribution in [3.8, 4) is 11.7 Å². The van der Waals surface area contributed by atoms with Gasteiger partial charge in [-0.25, -0.2) is 0 Å². The molecule has 0 atom stereocenters. The lowest BCUT2D eigenvalue weighted by atomic mass is 10.5. The average Bonchev–Trinajstić information content (AvgIpc) is 2.85. The van der Waals surface area contributed by atoms with Crippen LogP contribution in [0.3, 0.4) is 0 Å². The van der Waals surface area contributed by atoms with Crippen LogP contribution < -0.4 is 0 Å². The Morgan fingerprint density at radius 1 is 1.53 bits per heavy atom. The largest absolute Gasteiger partial charge is 0.459 e. The van der Waals surface area contributed by atoms with E-state index in [0.717, 1.165) is 0 Å². The van der Waals surface area contributed by atoms with Crippen LogP contribution in [0.1, 0.15) is 6.92 Å². The predicted molar refractivity (Wildman–Crippen MR) is 53.4 cm³/mol. The highest BCUT2D eigenvalue weighted by molar-refractivity contribution is 7.99. The van der Waals surface area contributed by atoms with E-state index in [1.165, 1.54) is 24.9 Å². The summed E-state index contributed by atoms with van der Waals surface area (Å²) in [6, 6.07) is 3.47. The fraction of sp³-hybridized carbons (Fsp3) is 0.222. The third-order valence-corrected chi connectivity index (χ3v) is 2.50. The summed E-state index contributed by atoms with van der Waals surface area (Å²) in [6.45, 7) is 1.51. The van der Waals surface area contributed by atoms with E-state index < -0.39 is 0 Å². The number of carbonyl (C=O) groups excluding carboxylic acids is 1. The number of aromatic nitrogens is 2. The summed E-state index contributed by atoms with van der Waals surface area (Å²) < 4.78 is 10.4. The van der Waals surface area contributed by atoms with Gasteiger partial charge in [0.2, 0.25) is 0 Å². The Bertz CT molecular complexity index is 450. The van der Waals surface area contributed by atoms with E-state index in [4.69, 9.17) is 8.83 Å². The van der Waals surface area contributed by atoms with E-state index in [0.29, 0.717) is 22.6 Å². The van der Waals surface area contributed by atoms with Crippen molar-refractivity contribution in [1.82, 2.24) is 10.2 Å². The molecule has 0 bridgehead atoms. The molecule has 2 aromatic heterocycles. The Hall–Kier alpha value is -1.56. The van der Waals surface area contributed by atoms with Gasteiger partial charge in [0.25, 0.3) is 11.1 Å². The molecule has 0 amide bonds. The zero-order chi connectivity index (χ0) is 10.7. The third kappa shape index (κ3) is 2.47. The first-order valence-electron chi connectivity index (χ1n) is 4.25. The van der Waals surface area contributed by atoms with Gasteiger partial charge < -0.3 is 8.83 Å². The molecule has 78 valence electrons. The molecule has 0 spiro atoms. The summed E-state index contributed by atoms with van der Waals surface area (Å²) in [5.74, 6) is 1.25. The Morgan fingerprint density at radius 2 is 2.40 bits per heavy atom. The van der Waals surface area contributed by atoms with Crippen LogP contribution in [0.25, 0.3) is 11.7 Å². The fourth-order valence-corrected chi connectivity index (χ4v) is 1.49. The summed E-state index contributed by atoms with van der Waals surface area (Å²) in [5, 5.41) is 7.94. The van der Waals surface area contributed by atoms with E-state index in [9.17, 15) is 4.79 Å². The van der Waals surface area contributed by atoms with Gasteiger partial charge in [-0.15, -0.1) is 10.2 Å². The van der Waals surface area contributed by atoms with E-state index in [-0.39, 0.29) is 5.78 Å². The average molecular weight is 224 g/mol. The van der Waals surface area contributed by atoms with Crippen LogP contribution in [-0.2, 0) is 4.79 Å². The molecule has 0 fully saturated rings. The number of furan rings is 1. The monoisotopic (exact) mass is 224 g/mol. The molecule has 0 saturated carbocycles. The first kappa shape index (κ1) is 9.97. The lowest BCUT2D eigenvalue weighted by Crippen LogP contribution is -1.92. The van der Waals surface area contributed by atoms with Crippen molar-refractivity contribution in [2.45, 2.75) is 12.1 Å². The number of thioether (sulfide) groups is 1. The molecule has 0 saturated heterocycles. The fourth-order valence-electron chi connectivity index (χ4n) is 0.931. The molecule has 0 aliphatic carbocycles. The molecule has 6 heteroatoms. The topological polar surface area (TPSA) is 69.1 Å². The number of rotatable bonds is 4. The van der Waals surface area contributed by atoms with Gasteiger partial charge in [0.1, 0.15) is 5.78 Å². The summed E-state index contributed by atoms with van der Waals surface area (Å²) in [6.07, 6.45) is 1.53. The molecule has 0 unspecified atom stereocenters. The molecule has 5 nitrogen and oxygen atoms in total. The molecule has 0 radical (unpaired) electrons. The van der Waals surface area contributed by atoms with Gasteiger partial charge in [-0.2, -0.15) is 0 Å². The molecule has 2 heterocycles. The highest BCUT2D eigenvalue weighted by atomic mass is 32.2. The third-order valence-electron chi connectivity index (χ3n) is 1.54. The number of ketones is 1. The van der Waals surface area contributed by atoms with Gasteiger partial charge in [0, 0.05) is 0 Å². The van der Waals surface area contributed by atoms with Gasteiger partial charge in [-0.1, -0.05) is 11.8 Å². The molecule has 0 aliphatic rings. The van der Waals surface area contributed by atoms with Gasteiger partial charge in [0.05, 0.1) is 12.0 Å². The Labute approximate surface area is 89.9 Å². The van der Waals surface area contributed by atoms with E-state index >= 15 is 0 Å². The van der Waals surface area contributed by atoms with Crippen molar-refractivity contribution in [1.29, 1.82) is 0 Å². The van der Waals surface area contributed by atoms with Crippen LogP contribution in [0.2, 0.25) is 0 Å². The highest BCUT2D eigenvalue weighted by Crippen LogP contribution is 2.22. The quantitative estimate of drug-likeness (QED) is 0.740. The van der Waals surface area contributed by atoms with Crippen molar-refractivity contribution in [3.63, 3.8) is 0 Å². The van der Waals surface area contributed by atoms with E-state index in [1.807, 2.05) is 0 Å². The van der Waals surface area contributed by atoms with E-state index in [2.05, 4.69) is 10.2 Å². The van der Waals surface area contributed by atoms with Gasteiger partial charge >= 0.3 is 0 Å². The maximum absolute atomic E-state index is 10.7. The minimum absolute atomic E-state index is 0.0674. The zero-order valence-electron chi connectivity index (χ0n) is 7.97. The van der Waals surface area contributed by atoms with Crippen molar-refractivity contribution < 1.29 is 13.6 Å². The molecule has 0 aliphatic heterocycles. The number of hydrogen-bond acceptors (Lipinski definition) is 6. The maximum Gasteiger partial charge on any atom is 0.284 e.